The van der Waals surface area contributed by atoms with E-state index in [4.69, 9.17) is 14.2 Å². The van der Waals surface area contributed by atoms with E-state index in [0.29, 0.717) is 41.0 Å². The molecule has 0 atom stereocenters. The number of carbonyl (C=O) groups is 3. The van der Waals surface area contributed by atoms with Crippen LogP contribution in [0.3, 0.4) is 0 Å². The smallest absolute Gasteiger partial charge is 0.414 e. The molecule has 1 aliphatic carbocycles. The number of amides is 1. The van der Waals surface area contributed by atoms with Crippen molar-refractivity contribution in [1.82, 2.24) is 9.88 Å². The summed E-state index contributed by atoms with van der Waals surface area (Å²) >= 11 is 0. The number of hydrogen-bond acceptors (Lipinski definition) is 7. The summed E-state index contributed by atoms with van der Waals surface area (Å²) in [5.74, 6) is 1.72. The molecule has 1 fully saturated rings. The highest BCUT2D eigenvalue weighted by atomic mass is 16.6. The van der Waals surface area contributed by atoms with Gasteiger partial charge in [-0.2, -0.15) is 0 Å². The van der Waals surface area contributed by atoms with Gasteiger partial charge in [0, 0.05) is 44.6 Å². The topological polar surface area (TPSA) is 95.0 Å². The molecule has 8 heteroatoms. The predicted octanol–water partition coefficient (Wildman–Crippen LogP) is 6.11. The van der Waals surface area contributed by atoms with Crippen LogP contribution in [0.4, 0.5) is 4.79 Å². The summed E-state index contributed by atoms with van der Waals surface area (Å²) in [5.41, 5.74) is 2.62. The number of carbonyl (C=O) groups excluding carboxylic acids is 3. The maximum absolute atomic E-state index is 13.2. The number of benzene rings is 3. The fourth-order valence-corrected chi connectivity index (χ4v) is 4.70. The summed E-state index contributed by atoms with van der Waals surface area (Å²) in [5, 5.41) is 0.677. The van der Waals surface area contributed by atoms with Gasteiger partial charge in [-0.3, -0.25) is 14.6 Å². The van der Waals surface area contributed by atoms with Gasteiger partial charge in [-0.25, -0.2) is 4.79 Å². The SMILES string of the molecule is COc1cc2c(Oc3ccc(CC(=O)C4(C(=O)Cc5ccc(C)cc5)CC4)cc3)ccnc2cc1OC(=O)N(C)C. The van der Waals surface area contributed by atoms with E-state index >= 15 is 0 Å². The molecule has 1 aliphatic rings. The molecule has 1 amide bonds. The fourth-order valence-electron chi connectivity index (χ4n) is 4.70. The Morgan fingerprint density at radius 2 is 1.44 bits per heavy atom. The Kier molecular flexibility index (Phi) is 7.75. The van der Waals surface area contributed by atoms with Gasteiger partial charge in [-0.1, -0.05) is 42.0 Å². The van der Waals surface area contributed by atoms with E-state index in [2.05, 4.69) is 4.98 Å². The largest absolute Gasteiger partial charge is 0.493 e. The van der Waals surface area contributed by atoms with Gasteiger partial charge in [-0.05, 0) is 55.2 Å². The second kappa shape index (κ2) is 11.4. The van der Waals surface area contributed by atoms with E-state index < -0.39 is 11.5 Å². The van der Waals surface area contributed by atoms with Crippen molar-refractivity contribution in [2.75, 3.05) is 21.2 Å². The number of rotatable bonds is 10. The standard InChI is InChI=1S/C33H32N2O6/c1-21-5-7-22(8-6-21)17-30(36)33(14-15-33)31(37)18-23-9-11-24(12-10-23)40-27-13-16-34-26-20-29(41-32(38)35(2)3)28(39-4)19-25(26)27/h5-13,16,19-20H,14-15,17-18H2,1-4H3. The molecule has 41 heavy (non-hydrogen) atoms. The van der Waals surface area contributed by atoms with Crippen molar-refractivity contribution in [3.05, 3.63) is 89.6 Å². The molecule has 0 bridgehead atoms. The van der Waals surface area contributed by atoms with Gasteiger partial charge in [0.15, 0.2) is 23.1 Å². The highest BCUT2D eigenvalue weighted by Crippen LogP contribution is 2.49. The summed E-state index contributed by atoms with van der Waals surface area (Å²) in [6.45, 7) is 2.01. The van der Waals surface area contributed by atoms with Crippen LogP contribution in [0.5, 0.6) is 23.0 Å². The lowest BCUT2D eigenvalue weighted by Crippen LogP contribution is -2.28. The van der Waals surface area contributed by atoms with E-state index in [9.17, 15) is 14.4 Å². The quantitative estimate of drug-likeness (QED) is 0.219. The maximum Gasteiger partial charge on any atom is 0.414 e. The van der Waals surface area contributed by atoms with E-state index in [0.717, 1.165) is 16.7 Å². The van der Waals surface area contributed by atoms with E-state index in [1.54, 1.807) is 50.6 Å². The lowest BCUT2D eigenvalue weighted by molar-refractivity contribution is -0.133. The van der Waals surface area contributed by atoms with Crippen LogP contribution >= 0.6 is 0 Å². The number of pyridine rings is 1. The molecule has 0 unspecified atom stereocenters. The Bertz CT molecular complexity index is 1610. The monoisotopic (exact) mass is 552 g/mol. The van der Waals surface area contributed by atoms with E-state index in [1.807, 2.05) is 43.3 Å². The Balaban J connectivity index is 1.27. The van der Waals surface area contributed by atoms with Crippen LogP contribution in [0, 0.1) is 12.3 Å². The lowest BCUT2D eigenvalue weighted by atomic mass is 9.88. The summed E-state index contributed by atoms with van der Waals surface area (Å²) in [6, 6.07) is 20.2. The summed E-state index contributed by atoms with van der Waals surface area (Å²) in [7, 11) is 4.68. The number of fused-ring (bicyclic) bond motifs is 1. The minimum Gasteiger partial charge on any atom is -0.493 e. The second-order valence-corrected chi connectivity index (χ2v) is 10.6. The van der Waals surface area contributed by atoms with Crippen molar-refractivity contribution in [3.8, 4) is 23.0 Å². The molecule has 8 nitrogen and oxygen atoms in total. The van der Waals surface area contributed by atoms with E-state index in [1.165, 1.54) is 12.0 Å². The van der Waals surface area contributed by atoms with Crippen LogP contribution in [0.2, 0.25) is 0 Å². The number of aromatic nitrogens is 1. The fraction of sp³-hybridized carbons (Fsp3) is 0.273. The minimum absolute atomic E-state index is 0.00550. The molecule has 3 aromatic carbocycles. The van der Waals surface area contributed by atoms with Gasteiger partial charge in [-0.15, -0.1) is 0 Å². The highest BCUT2D eigenvalue weighted by molar-refractivity contribution is 6.11. The van der Waals surface area contributed by atoms with Gasteiger partial charge in [0.25, 0.3) is 0 Å². The molecule has 0 aliphatic heterocycles. The maximum atomic E-state index is 13.2. The van der Waals surface area contributed by atoms with Crippen molar-refractivity contribution in [2.24, 2.45) is 5.41 Å². The van der Waals surface area contributed by atoms with Gasteiger partial charge >= 0.3 is 6.09 Å². The normalized spacial score (nSPS) is 13.4. The molecule has 5 rings (SSSR count). The first-order valence-corrected chi connectivity index (χ1v) is 13.4. The van der Waals surface area contributed by atoms with Crippen molar-refractivity contribution in [3.63, 3.8) is 0 Å². The van der Waals surface area contributed by atoms with Crippen molar-refractivity contribution < 1.29 is 28.6 Å². The molecular weight excluding hydrogens is 520 g/mol. The summed E-state index contributed by atoms with van der Waals surface area (Å²) in [4.78, 5) is 44.0. The number of ketones is 2. The highest BCUT2D eigenvalue weighted by Gasteiger charge is 2.54. The van der Waals surface area contributed by atoms with Crippen molar-refractivity contribution >= 4 is 28.6 Å². The van der Waals surface area contributed by atoms with Gasteiger partial charge in [0.05, 0.1) is 18.0 Å². The van der Waals surface area contributed by atoms with Crippen LogP contribution in [0.1, 0.15) is 29.5 Å². The van der Waals surface area contributed by atoms with Crippen LogP contribution in [-0.4, -0.2) is 48.7 Å². The minimum atomic E-state index is -0.852. The Hall–Kier alpha value is -4.72. The lowest BCUT2D eigenvalue weighted by Gasteiger charge is -2.15. The van der Waals surface area contributed by atoms with Gasteiger partial charge < -0.3 is 19.1 Å². The number of nitrogens with zero attached hydrogens (tertiary/aromatic N) is 2. The number of methoxy groups -OCH3 is 1. The zero-order valence-electron chi connectivity index (χ0n) is 23.6. The first-order valence-electron chi connectivity index (χ1n) is 13.4. The summed E-state index contributed by atoms with van der Waals surface area (Å²) in [6.07, 6.45) is 2.79. The third-order valence-electron chi connectivity index (χ3n) is 7.37. The van der Waals surface area contributed by atoms with Crippen LogP contribution in [0.25, 0.3) is 10.9 Å². The third-order valence-corrected chi connectivity index (χ3v) is 7.37. The Morgan fingerprint density at radius 3 is 2.00 bits per heavy atom. The van der Waals surface area contributed by atoms with Gasteiger partial charge in [0.1, 0.15) is 11.5 Å². The molecule has 1 heterocycles. The zero-order chi connectivity index (χ0) is 29.1. The predicted molar refractivity (Wildman–Crippen MR) is 155 cm³/mol. The zero-order valence-corrected chi connectivity index (χ0v) is 23.6. The molecular formula is C33H32N2O6. The molecule has 0 saturated heterocycles. The number of aryl methyl sites for hydroxylation is 1. The molecule has 0 spiro atoms. The van der Waals surface area contributed by atoms with Crippen molar-refractivity contribution in [2.45, 2.75) is 32.6 Å². The third kappa shape index (κ3) is 6.06. The molecule has 0 radical (unpaired) electrons. The first-order chi connectivity index (χ1) is 19.7. The van der Waals surface area contributed by atoms with Crippen LogP contribution in [-0.2, 0) is 22.4 Å². The number of Topliss-reactive ketones (excluding diaryl/α,β-unsaturated/α-hetero) is 2. The molecule has 1 saturated carbocycles. The molecule has 1 aromatic heterocycles. The average Bonchev–Trinajstić information content (AvgIpc) is 3.77. The molecule has 4 aromatic rings. The summed E-state index contributed by atoms with van der Waals surface area (Å²) < 4.78 is 17.0. The average molecular weight is 553 g/mol. The number of ether oxygens (including phenoxy) is 3. The van der Waals surface area contributed by atoms with Crippen molar-refractivity contribution in [1.29, 1.82) is 0 Å². The number of hydrogen-bond donors (Lipinski definition) is 0. The first kappa shape index (κ1) is 27.8. The molecule has 0 N–H and O–H groups in total. The molecule has 210 valence electrons. The van der Waals surface area contributed by atoms with Gasteiger partial charge in [0.2, 0.25) is 0 Å². The van der Waals surface area contributed by atoms with Crippen LogP contribution < -0.4 is 14.2 Å². The van der Waals surface area contributed by atoms with E-state index in [-0.39, 0.29) is 30.2 Å². The van der Waals surface area contributed by atoms with Crippen LogP contribution in [0.15, 0.2) is 72.9 Å². The second-order valence-electron chi connectivity index (χ2n) is 10.6. The Morgan fingerprint density at radius 1 is 0.829 bits per heavy atom. The Labute approximate surface area is 238 Å².